The number of fused-ring (bicyclic) bond motifs is 1. The Morgan fingerprint density at radius 1 is 1.11 bits per heavy atom. The molecule has 1 fully saturated rings. The molecule has 0 radical (unpaired) electrons. The zero-order valence-corrected chi connectivity index (χ0v) is 11.7. The number of rotatable bonds is 1. The Kier molecular flexibility index (Phi) is 4.20. The summed E-state index contributed by atoms with van der Waals surface area (Å²) in [5.41, 5.74) is 4.27. The van der Waals surface area contributed by atoms with Crippen molar-refractivity contribution in [1.29, 1.82) is 0 Å². The van der Waals surface area contributed by atoms with Crippen molar-refractivity contribution >= 4 is 0 Å². The van der Waals surface area contributed by atoms with Crippen LogP contribution >= 0.6 is 0 Å². The van der Waals surface area contributed by atoms with Crippen LogP contribution in [-0.2, 0) is 12.8 Å². The molecule has 0 amide bonds. The first-order valence-electron chi connectivity index (χ1n) is 7.74. The van der Waals surface area contributed by atoms with Crippen LogP contribution in [0.5, 0.6) is 0 Å². The Labute approximate surface area is 116 Å². The van der Waals surface area contributed by atoms with Crippen LogP contribution in [-0.4, -0.2) is 13.1 Å². The van der Waals surface area contributed by atoms with Gasteiger partial charge in [-0.15, -0.1) is 0 Å². The molecule has 0 saturated heterocycles. The Morgan fingerprint density at radius 3 is 2.84 bits per heavy atom. The molecule has 1 heterocycles. The fourth-order valence-electron chi connectivity index (χ4n) is 3.35. The summed E-state index contributed by atoms with van der Waals surface area (Å²) < 4.78 is 0. The van der Waals surface area contributed by atoms with Crippen LogP contribution in [0, 0.1) is 17.8 Å². The van der Waals surface area contributed by atoms with Crippen molar-refractivity contribution in [3.05, 3.63) is 34.9 Å². The average Bonchev–Trinajstić information content (AvgIpc) is 2.82. The second kappa shape index (κ2) is 6.26. The SMILES string of the molecule is C(#Cc1cccc2c1CCNCC2)CC1CCCC1. The van der Waals surface area contributed by atoms with Crippen LogP contribution < -0.4 is 5.32 Å². The van der Waals surface area contributed by atoms with Gasteiger partial charge in [-0.3, -0.25) is 0 Å². The highest BCUT2D eigenvalue weighted by Gasteiger charge is 2.13. The van der Waals surface area contributed by atoms with Gasteiger partial charge in [0.25, 0.3) is 0 Å². The normalized spacial score (nSPS) is 19.4. The summed E-state index contributed by atoms with van der Waals surface area (Å²) in [5, 5.41) is 3.47. The molecule has 19 heavy (non-hydrogen) atoms. The van der Waals surface area contributed by atoms with E-state index in [1.165, 1.54) is 42.4 Å². The molecule has 0 unspecified atom stereocenters. The number of benzene rings is 1. The molecule has 100 valence electrons. The predicted molar refractivity (Wildman–Crippen MR) is 80.2 cm³/mol. The highest BCUT2D eigenvalue weighted by Crippen LogP contribution is 2.27. The van der Waals surface area contributed by atoms with Crippen molar-refractivity contribution < 1.29 is 0 Å². The van der Waals surface area contributed by atoms with Gasteiger partial charge in [0.15, 0.2) is 0 Å². The van der Waals surface area contributed by atoms with E-state index in [1.54, 1.807) is 0 Å². The zero-order valence-electron chi connectivity index (χ0n) is 11.7. The summed E-state index contributed by atoms with van der Waals surface area (Å²) in [6.07, 6.45) is 8.99. The molecular formula is C18H23N. The lowest BCUT2D eigenvalue weighted by molar-refractivity contribution is 0.567. The Balaban J connectivity index is 1.75. The highest BCUT2D eigenvalue weighted by atomic mass is 14.8. The number of hydrogen-bond acceptors (Lipinski definition) is 1. The minimum atomic E-state index is 0.872. The van der Waals surface area contributed by atoms with Gasteiger partial charge in [-0.25, -0.2) is 0 Å². The van der Waals surface area contributed by atoms with Gasteiger partial charge in [0.05, 0.1) is 0 Å². The smallest absolute Gasteiger partial charge is 0.0280 e. The molecule has 1 heteroatoms. The first-order valence-corrected chi connectivity index (χ1v) is 7.74. The maximum absolute atomic E-state index is 3.47. The summed E-state index contributed by atoms with van der Waals surface area (Å²) in [6, 6.07) is 6.64. The van der Waals surface area contributed by atoms with Crippen LogP contribution in [0.1, 0.15) is 48.8 Å². The Hall–Kier alpha value is -1.26. The monoisotopic (exact) mass is 253 g/mol. The molecule has 0 bridgehead atoms. The molecule has 0 spiro atoms. The largest absolute Gasteiger partial charge is 0.316 e. The lowest BCUT2D eigenvalue weighted by atomic mass is 9.97. The molecule has 1 aliphatic carbocycles. The summed E-state index contributed by atoms with van der Waals surface area (Å²) >= 11 is 0. The molecule has 1 saturated carbocycles. The maximum atomic E-state index is 3.47. The fraction of sp³-hybridized carbons (Fsp3) is 0.556. The molecule has 0 atom stereocenters. The second-order valence-corrected chi connectivity index (χ2v) is 5.85. The molecule has 1 aromatic rings. The zero-order chi connectivity index (χ0) is 12.9. The third kappa shape index (κ3) is 3.19. The maximum Gasteiger partial charge on any atom is 0.0280 e. The first-order chi connectivity index (χ1) is 9.43. The van der Waals surface area contributed by atoms with Gasteiger partial charge < -0.3 is 5.32 Å². The van der Waals surface area contributed by atoms with Gasteiger partial charge in [0.1, 0.15) is 0 Å². The van der Waals surface area contributed by atoms with Crippen molar-refractivity contribution in [2.24, 2.45) is 5.92 Å². The Morgan fingerprint density at radius 2 is 1.95 bits per heavy atom. The van der Waals surface area contributed by atoms with Gasteiger partial charge >= 0.3 is 0 Å². The topological polar surface area (TPSA) is 12.0 Å². The van der Waals surface area contributed by atoms with E-state index in [4.69, 9.17) is 0 Å². The Bertz CT molecular complexity index is 486. The molecule has 1 N–H and O–H groups in total. The molecule has 0 aromatic heterocycles. The van der Waals surface area contributed by atoms with E-state index in [9.17, 15) is 0 Å². The molecule has 1 aliphatic heterocycles. The van der Waals surface area contributed by atoms with E-state index >= 15 is 0 Å². The van der Waals surface area contributed by atoms with E-state index < -0.39 is 0 Å². The van der Waals surface area contributed by atoms with Crippen LogP contribution in [0.2, 0.25) is 0 Å². The van der Waals surface area contributed by atoms with Gasteiger partial charge in [-0.1, -0.05) is 36.8 Å². The van der Waals surface area contributed by atoms with E-state index in [0.29, 0.717) is 0 Å². The number of nitrogens with one attached hydrogen (secondary N) is 1. The number of hydrogen-bond donors (Lipinski definition) is 1. The fourth-order valence-corrected chi connectivity index (χ4v) is 3.35. The lowest BCUT2D eigenvalue weighted by Crippen LogP contribution is -2.16. The quantitative estimate of drug-likeness (QED) is 0.757. The van der Waals surface area contributed by atoms with Crippen LogP contribution in [0.25, 0.3) is 0 Å². The minimum Gasteiger partial charge on any atom is -0.316 e. The molecule has 1 nitrogen and oxygen atoms in total. The van der Waals surface area contributed by atoms with E-state index in [1.807, 2.05) is 0 Å². The van der Waals surface area contributed by atoms with Crippen molar-refractivity contribution in [2.45, 2.75) is 44.9 Å². The van der Waals surface area contributed by atoms with E-state index in [-0.39, 0.29) is 0 Å². The lowest BCUT2D eigenvalue weighted by Gasteiger charge is -2.07. The summed E-state index contributed by atoms with van der Waals surface area (Å²) in [5.74, 6) is 7.77. The minimum absolute atomic E-state index is 0.872. The first kappa shape index (κ1) is 12.8. The van der Waals surface area contributed by atoms with Crippen molar-refractivity contribution in [3.63, 3.8) is 0 Å². The van der Waals surface area contributed by atoms with Gasteiger partial charge in [0, 0.05) is 12.0 Å². The second-order valence-electron chi connectivity index (χ2n) is 5.85. The summed E-state index contributed by atoms with van der Waals surface area (Å²) in [7, 11) is 0. The predicted octanol–water partition coefficient (Wildman–Crippen LogP) is 3.31. The summed E-state index contributed by atoms with van der Waals surface area (Å²) in [6.45, 7) is 2.19. The van der Waals surface area contributed by atoms with Gasteiger partial charge in [-0.2, -0.15) is 0 Å². The molecule has 3 rings (SSSR count). The third-order valence-corrected chi connectivity index (χ3v) is 4.48. The molecular weight excluding hydrogens is 230 g/mol. The van der Waals surface area contributed by atoms with E-state index in [0.717, 1.165) is 38.3 Å². The molecule has 2 aliphatic rings. The van der Waals surface area contributed by atoms with Crippen molar-refractivity contribution in [1.82, 2.24) is 5.32 Å². The molecule has 1 aromatic carbocycles. The third-order valence-electron chi connectivity index (χ3n) is 4.48. The van der Waals surface area contributed by atoms with E-state index in [2.05, 4.69) is 35.4 Å². The standard InChI is InChI=1S/C18H23N/c1-2-6-15(5-1)7-3-8-16-9-4-10-17-11-13-19-14-12-18(16)17/h4,9-10,15,19H,1-2,5-7,11-14H2. The van der Waals surface area contributed by atoms with Gasteiger partial charge in [-0.05, 0) is 61.9 Å². The summed E-state index contributed by atoms with van der Waals surface area (Å²) in [4.78, 5) is 0. The van der Waals surface area contributed by atoms with Crippen molar-refractivity contribution in [3.8, 4) is 11.8 Å². The van der Waals surface area contributed by atoms with Crippen LogP contribution in [0.4, 0.5) is 0 Å². The van der Waals surface area contributed by atoms with Gasteiger partial charge in [0.2, 0.25) is 0 Å². The van der Waals surface area contributed by atoms with Crippen LogP contribution in [0.15, 0.2) is 18.2 Å². The highest BCUT2D eigenvalue weighted by molar-refractivity contribution is 5.46. The van der Waals surface area contributed by atoms with Crippen molar-refractivity contribution in [2.75, 3.05) is 13.1 Å². The average molecular weight is 253 g/mol. The van der Waals surface area contributed by atoms with Crippen LogP contribution in [0.3, 0.4) is 0 Å².